The number of carbonyl (C=O) groups excluding carboxylic acids is 1. The Hall–Kier alpha value is -1.61. The molecule has 16 heavy (non-hydrogen) atoms. The Morgan fingerprint density at radius 1 is 1.50 bits per heavy atom. The Labute approximate surface area is 96.3 Å². The summed E-state index contributed by atoms with van der Waals surface area (Å²) in [5, 5.41) is 3.19. The van der Waals surface area contributed by atoms with Crippen molar-refractivity contribution in [3.05, 3.63) is 48.6 Å². The van der Waals surface area contributed by atoms with Gasteiger partial charge in [0.1, 0.15) is 0 Å². The van der Waals surface area contributed by atoms with Crippen LogP contribution in [-0.2, 0) is 4.79 Å². The van der Waals surface area contributed by atoms with Crippen molar-refractivity contribution >= 4 is 5.91 Å². The third-order valence-electron chi connectivity index (χ3n) is 2.50. The molecule has 0 spiro atoms. The SMILES string of the molecule is C=CC[C@@H](N[C@@H](C)c1ccccc1)C(N)=O. The van der Waals surface area contributed by atoms with Gasteiger partial charge in [0, 0.05) is 6.04 Å². The first kappa shape index (κ1) is 12.5. The highest BCUT2D eigenvalue weighted by atomic mass is 16.1. The number of benzene rings is 1. The predicted octanol–water partition coefficient (Wildman–Crippen LogP) is 1.77. The van der Waals surface area contributed by atoms with Gasteiger partial charge in [0.15, 0.2) is 0 Å². The van der Waals surface area contributed by atoms with E-state index in [0.29, 0.717) is 6.42 Å². The van der Waals surface area contributed by atoms with E-state index < -0.39 is 0 Å². The third kappa shape index (κ3) is 3.51. The van der Waals surface area contributed by atoms with E-state index in [1.165, 1.54) is 0 Å². The van der Waals surface area contributed by atoms with Crippen LogP contribution in [0.3, 0.4) is 0 Å². The summed E-state index contributed by atoms with van der Waals surface area (Å²) < 4.78 is 0. The van der Waals surface area contributed by atoms with Gasteiger partial charge in [-0.2, -0.15) is 0 Å². The molecule has 3 N–H and O–H groups in total. The summed E-state index contributed by atoms with van der Waals surface area (Å²) in [6.07, 6.45) is 2.24. The Kier molecular flexibility index (Phi) is 4.73. The number of rotatable bonds is 6. The fourth-order valence-electron chi connectivity index (χ4n) is 1.57. The maximum absolute atomic E-state index is 11.2. The quantitative estimate of drug-likeness (QED) is 0.715. The monoisotopic (exact) mass is 218 g/mol. The van der Waals surface area contributed by atoms with Crippen molar-refractivity contribution in [2.75, 3.05) is 0 Å². The number of nitrogens with two attached hydrogens (primary N) is 1. The van der Waals surface area contributed by atoms with E-state index in [4.69, 9.17) is 5.73 Å². The summed E-state index contributed by atoms with van der Waals surface area (Å²) in [5.74, 6) is -0.345. The van der Waals surface area contributed by atoms with Crippen molar-refractivity contribution < 1.29 is 4.79 Å². The van der Waals surface area contributed by atoms with Gasteiger partial charge in [-0.25, -0.2) is 0 Å². The van der Waals surface area contributed by atoms with Crippen LogP contribution in [0.5, 0.6) is 0 Å². The molecule has 1 rings (SSSR count). The van der Waals surface area contributed by atoms with E-state index in [1.54, 1.807) is 6.08 Å². The molecule has 86 valence electrons. The number of amides is 1. The maximum atomic E-state index is 11.2. The lowest BCUT2D eigenvalue weighted by atomic mass is 10.1. The van der Waals surface area contributed by atoms with Crippen molar-refractivity contribution in [3.63, 3.8) is 0 Å². The van der Waals surface area contributed by atoms with Gasteiger partial charge in [0.2, 0.25) is 5.91 Å². The van der Waals surface area contributed by atoms with Gasteiger partial charge in [0.25, 0.3) is 0 Å². The van der Waals surface area contributed by atoms with Crippen molar-refractivity contribution in [2.24, 2.45) is 5.73 Å². The molecule has 0 aliphatic heterocycles. The molecule has 3 heteroatoms. The van der Waals surface area contributed by atoms with Gasteiger partial charge in [-0.05, 0) is 18.9 Å². The fourth-order valence-corrected chi connectivity index (χ4v) is 1.57. The van der Waals surface area contributed by atoms with E-state index in [2.05, 4.69) is 11.9 Å². The Morgan fingerprint density at radius 2 is 2.12 bits per heavy atom. The first-order chi connectivity index (χ1) is 7.65. The molecule has 3 nitrogen and oxygen atoms in total. The van der Waals surface area contributed by atoms with Crippen LogP contribution in [-0.4, -0.2) is 11.9 Å². The topological polar surface area (TPSA) is 55.1 Å². The van der Waals surface area contributed by atoms with Crippen LogP contribution in [0.4, 0.5) is 0 Å². The van der Waals surface area contributed by atoms with Gasteiger partial charge >= 0.3 is 0 Å². The summed E-state index contributed by atoms with van der Waals surface area (Å²) in [7, 11) is 0. The molecule has 1 aromatic carbocycles. The second-order valence-corrected chi connectivity index (χ2v) is 3.78. The van der Waals surface area contributed by atoms with Crippen LogP contribution >= 0.6 is 0 Å². The average Bonchev–Trinajstić information content (AvgIpc) is 2.29. The van der Waals surface area contributed by atoms with E-state index >= 15 is 0 Å². The maximum Gasteiger partial charge on any atom is 0.234 e. The van der Waals surface area contributed by atoms with Crippen LogP contribution < -0.4 is 11.1 Å². The fraction of sp³-hybridized carbons (Fsp3) is 0.308. The summed E-state index contributed by atoms with van der Waals surface area (Å²) in [4.78, 5) is 11.2. The normalized spacial score (nSPS) is 14.1. The lowest BCUT2D eigenvalue weighted by molar-refractivity contribution is -0.120. The summed E-state index contributed by atoms with van der Waals surface area (Å²) >= 11 is 0. The van der Waals surface area contributed by atoms with Crippen molar-refractivity contribution in [3.8, 4) is 0 Å². The van der Waals surface area contributed by atoms with Crippen LogP contribution in [0.1, 0.15) is 24.9 Å². The summed E-state index contributed by atoms with van der Waals surface area (Å²) in [6, 6.07) is 9.69. The molecule has 0 unspecified atom stereocenters. The van der Waals surface area contributed by atoms with E-state index in [1.807, 2.05) is 37.3 Å². The van der Waals surface area contributed by atoms with Crippen LogP contribution in [0.2, 0.25) is 0 Å². The smallest absolute Gasteiger partial charge is 0.234 e. The molecule has 0 aliphatic carbocycles. The summed E-state index contributed by atoms with van der Waals surface area (Å²) in [5.41, 5.74) is 6.44. The first-order valence-electron chi connectivity index (χ1n) is 5.36. The highest BCUT2D eigenvalue weighted by Gasteiger charge is 2.16. The number of carbonyl (C=O) groups is 1. The van der Waals surface area contributed by atoms with Crippen molar-refractivity contribution in [1.29, 1.82) is 0 Å². The van der Waals surface area contributed by atoms with E-state index in [0.717, 1.165) is 5.56 Å². The Balaban J connectivity index is 2.65. The molecule has 0 fully saturated rings. The minimum absolute atomic E-state index is 0.0960. The molecular weight excluding hydrogens is 200 g/mol. The molecule has 1 aromatic rings. The first-order valence-corrected chi connectivity index (χ1v) is 5.36. The van der Waals surface area contributed by atoms with Crippen LogP contribution in [0, 0.1) is 0 Å². The number of nitrogens with one attached hydrogen (secondary N) is 1. The molecule has 0 bridgehead atoms. The van der Waals surface area contributed by atoms with Crippen LogP contribution in [0.15, 0.2) is 43.0 Å². The highest BCUT2D eigenvalue weighted by Crippen LogP contribution is 2.12. The van der Waals surface area contributed by atoms with E-state index in [9.17, 15) is 4.79 Å². The average molecular weight is 218 g/mol. The molecule has 1 amide bonds. The minimum Gasteiger partial charge on any atom is -0.368 e. The Morgan fingerprint density at radius 3 is 2.62 bits per heavy atom. The Bertz CT molecular complexity index is 348. The highest BCUT2D eigenvalue weighted by molar-refractivity contribution is 5.80. The second-order valence-electron chi connectivity index (χ2n) is 3.78. The lowest BCUT2D eigenvalue weighted by Gasteiger charge is -2.20. The number of hydrogen-bond donors (Lipinski definition) is 2. The second kappa shape index (κ2) is 6.08. The van der Waals surface area contributed by atoms with Crippen molar-refractivity contribution in [1.82, 2.24) is 5.32 Å². The molecule has 0 aromatic heterocycles. The van der Waals surface area contributed by atoms with Crippen molar-refractivity contribution in [2.45, 2.75) is 25.4 Å². The van der Waals surface area contributed by atoms with E-state index in [-0.39, 0.29) is 18.0 Å². The summed E-state index contributed by atoms with van der Waals surface area (Å²) in [6.45, 7) is 5.62. The van der Waals surface area contributed by atoms with Gasteiger partial charge in [-0.1, -0.05) is 36.4 Å². The molecule has 0 radical (unpaired) electrons. The lowest BCUT2D eigenvalue weighted by Crippen LogP contribution is -2.42. The van der Waals surface area contributed by atoms with Gasteiger partial charge in [-0.15, -0.1) is 6.58 Å². The molecule has 0 saturated carbocycles. The molecule has 0 aliphatic rings. The van der Waals surface area contributed by atoms with Crippen LogP contribution in [0.25, 0.3) is 0 Å². The minimum atomic E-state index is -0.354. The van der Waals surface area contributed by atoms with Gasteiger partial charge in [-0.3, -0.25) is 10.1 Å². The molecule has 0 saturated heterocycles. The zero-order chi connectivity index (χ0) is 12.0. The van der Waals surface area contributed by atoms with Gasteiger partial charge < -0.3 is 5.73 Å². The predicted molar refractivity (Wildman–Crippen MR) is 65.8 cm³/mol. The molecule has 2 atom stereocenters. The molecule has 0 heterocycles. The third-order valence-corrected chi connectivity index (χ3v) is 2.50. The standard InChI is InChI=1S/C13H18N2O/c1-3-7-12(13(14)16)15-10(2)11-8-5-4-6-9-11/h3-6,8-10,12,15H,1,7H2,2H3,(H2,14,16)/t10-,12+/m0/s1. The van der Waals surface area contributed by atoms with Gasteiger partial charge in [0.05, 0.1) is 6.04 Å². The largest absolute Gasteiger partial charge is 0.368 e. The molecular formula is C13H18N2O. The zero-order valence-electron chi connectivity index (χ0n) is 9.52. The number of primary amides is 1. The number of hydrogen-bond acceptors (Lipinski definition) is 2. The zero-order valence-corrected chi connectivity index (χ0v) is 9.52.